The Morgan fingerprint density at radius 1 is 1.39 bits per heavy atom. The van der Waals surface area contributed by atoms with Crippen molar-refractivity contribution < 1.29 is 9.84 Å². The molecule has 3 nitrogen and oxygen atoms in total. The van der Waals surface area contributed by atoms with Gasteiger partial charge in [-0.25, -0.2) is 4.98 Å². The van der Waals surface area contributed by atoms with Crippen molar-refractivity contribution in [1.29, 1.82) is 0 Å². The fourth-order valence-corrected chi connectivity index (χ4v) is 2.71. The molecule has 1 aromatic heterocycles. The molecule has 0 atom stereocenters. The summed E-state index contributed by atoms with van der Waals surface area (Å²) in [6, 6.07) is 6.24. The molecule has 0 aliphatic carbocycles. The highest BCUT2D eigenvalue weighted by atomic mass is 32.1. The van der Waals surface area contributed by atoms with Crippen LogP contribution in [0.1, 0.15) is 28.8 Å². The first kappa shape index (κ1) is 13.1. The SMILES string of the molecule is CCc1cc(Cc2nc(CO)cs2)ccc1OC. The minimum absolute atomic E-state index is 0.0132. The first-order valence-corrected chi connectivity index (χ1v) is 6.84. The molecule has 1 N–H and O–H groups in total. The number of ether oxygens (including phenoxy) is 1. The van der Waals surface area contributed by atoms with Crippen LogP contribution < -0.4 is 4.74 Å². The number of aliphatic hydroxyl groups excluding tert-OH is 1. The van der Waals surface area contributed by atoms with Crippen LogP contribution in [-0.4, -0.2) is 17.2 Å². The third-order valence-electron chi connectivity index (χ3n) is 2.84. The number of aryl methyl sites for hydroxylation is 1. The predicted molar refractivity (Wildman–Crippen MR) is 73.2 cm³/mol. The average molecular weight is 263 g/mol. The molecule has 0 bridgehead atoms. The summed E-state index contributed by atoms with van der Waals surface area (Å²) in [7, 11) is 1.70. The van der Waals surface area contributed by atoms with E-state index in [1.807, 2.05) is 11.4 Å². The van der Waals surface area contributed by atoms with Crippen LogP contribution in [0.15, 0.2) is 23.6 Å². The van der Waals surface area contributed by atoms with Crippen molar-refractivity contribution in [2.75, 3.05) is 7.11 Å². The lowest BCUT2D eigenvalue weighted by Gasteiger charge is -2.08. The topological polar surface area (TPSA) is 42.4 Å². The number of hydrogen-bond acceptors (Lipinski definition) is 4. The van der Waals surface area contributed by atoms with Crippen LogP contribution >= 0.6 is 11.3 Å². The molecule has 0 spiro atoms. The molecule has 0 saturated carbocycles. The van der Waals surface area contributed by atoms with E-state index in [9.17, 15) is 0 Å². The predicted octanol–water partition coefficient (Wildman–Crippen LogP) is 2.80. The Hall–Kier alpha value is -1.39. The summed E-state index contributed by atoms with van der Waals surface area (Å²) in [6.45, 7) is 2.13. The van der Waals surface area contributed by atoms with Crippen molar-refractivity contribution in [3.05, 3.63) is 45.4 Å². The van der Waals surface area contributed by atoms with Crippen molar-refractivity contribution in [3.8, 4) is 5.75 Å². The Bertz CT molecular complexity index is 522. The number of rotatable bonds is 5. The smallest absolute Gasteiger partial charge is 0.122 e. The Morgan fingerprint density at radius 2 is 2.22 bits per heavy atom. The molecule has 1 heterocycles. The number of methoxy groups -OCH3 is 1. The maximum Gasteiger partial charge on any atom is 0.122 e. The van der Waals surface area contributed by atoms with E-state index in [1.54, 1.807) is 18.4 Å². The lowest BCUT2D eigenvalue weighted by atomic mass is 10.1. The Labute approximate surface area is 111 Å². The van der Waals surface area contributed by atoms with E-state index in [1.165, 1.54) is 11.1 Å². The van der Waals surface area contributed by atoms with Crippen LogP contribution in [0.4, 0.5) is 0 Å². The van der Waals surface area contributed by atoms with Crippen LogP contribution in [0.3, 0.4) is 0 Å². The molecule has 0 fully saturated rings. The zero-order valence-electron chi connectivity index (χ0n) is 10.6. The van der Waals surface area contributed by atoms with Crippen molar-refractivity contribution in [3.63, 3.8) is 0 Å². The molecule has 18 heavy (non-hydrogen) atoms. The summed E-state index contributed by atoms with van der Waals surface area (Å²) in [5.74, 6) is 0.941. The largest absolute Gasteiger partial charge is 0.496 e. The van der Waals surface area contributed by atoms with Gasteiger partial charge in [-0.15, -0.1) is 11.3 Å². The molecule has 0 amide bonds. The highest BCUT2D eigenvalue weighted by molar-refractivity contribution is 7.09. The molecule has 0 radical (unpaired) electrons. The lowest BCUT2D eigenvalue weighted by molar-refractivity contribution is 0.277. The quantitative estimate of drug-likeness (QED) is 0.902. The summed E-state index contributed by atoms with van der Waals surface area (Å²) in [5.41, 5.74) is 3.19. The summed E-state index contributed by atoms with van der Waals surface area (Å²) in [5, 5.41) is 11.9. The number of aromatic nitrogens is 1. The standard InChI is InChI=1S/C14H17NO2S/c1-3-11-6-10(4-5-13(11)17-2)7-14-15-12(8-16)9-18-14/h4-6,9,16H,3,7-8H2,1-2H3. The van der Waals surface area contributed by atoms with Crippen LogP contribution in [0, 0.1) is 0 Å². The van der Waals surface area contributed by atoms with Gasteiger partial charge in [0, 0.05) is 11.8 Å². The fourth-order valence-electron chi connectivity index (χ4n) is 1.90. The zero-order valence-corrected chi connectivity index (χ0v) is 11.5. The Kier molecular flexibility index (Phi) is 4.33. The van der Waals surface area contributed by atoms with E-state index >= 15 is 0 Å². The number of benzene rings is 1. The molecule has 0 unspecified atom stereocenters. The fraction of sp³-hybridized carbons (Fsp3) is 0.357. The third kappa shape index (κ3) is 2.89. The van der Waals surface area contributed by atoms with Crippen molar-refractivity contribution in [1.82, 2.24) is 4.98 Å². The maximum absolute atomic E-state index is 9.00. The van der Waals surface area contributed by atoms with Crippen molar-refractivity contribution in [2.24, 2.45) is 0 Å². The van der Waals surface area contributed by atoms with Gasteiger partial charge in [-0.1, -0.05) is 19.1 Å². The summed E-state index contributed by atoms with van der Waals surface area (Å²) in [4.78, 5) is 4.36. The second-order valence-corrected chi connectivity index (χ2v) is 5.01. The minimum atomic E-state index is 0.0132. The highest BCUT2D eigenvalue weighted by Crippen LogP contribution is 2.22. The van der Waals surface area contributed by atoms with E-state index in [4.69, 9.17) is 9.84 Å². The van der Waals surface area contributed by atoms with Gasteiger partial charge in [0.2, 0.25) is 0 Å². The Balaban J connectivity index is 2.18. The lowest BCUT2D eigenvalue weighted by Crippen LogP contribution is -1.94. The van der Waals surface area contributed by atoms with Gasteiger partial charge < -0.3 is 9.84 Å². The molecule has 2 rings (SSSR count). The highest BCUT2D eigenvalue weighted by Gasteiger charge is 2.06. The summed E-state index contributed by atoms with van der Waals surface area (Å²) in [6.07, 6.45) is 1.76. The molecule has 0 aliphatic heterocycles. The van der Waals surface area contributed by atoms with E-state index in [-0.39, 0.29) is 6.61 Å². The van der Waals surface area contributed by atoms with Gasteiger partial charge in [-0.05, 0) is 23.6 Å². The number of hydrogen-bond donors (Lipinski definition) is 1. The second kappa shape index (κ2) is 5.98. The molecule has 96 valence electrons. The summed E-state index contributed by atoms with van der Waals surface area (Å²) >= 11 is 1.59. The van der Waals surface area contributed by atoms with E-state index in [2.05, 4.69) is 24.0 Å². The first-order chi connectivity index (χ1) is 8.76. The molecular formula is C14H17NO2S. The second-order valence-electron chi connectivity index (χ2n) is 4.07. The van der Waals surface area contributed by atoms with Gasteiger partial charge in [0.05, 0.1) is 24.4 Å². The van der Waals surface area contributed by atoms with Gasteiger partial charge >= 0.3 is 0 Å². The number of aliphatic hydroxyl groups is 1. The molecule has 2 aromatic rings. The Morgan fingerprint density at radius 3 is 2.83 bits per heavy atom. The van der Waals surface area contributed by atoms with Crippen molar-refractivity contribution >= 4 is 11.3 Å². The molecular weight excluding hydrogens is 246 g/mol. The van der Waals surface area contributed by atoms with Crippen LogP contribution in [0.2, 0.25) is 0 Å². The monoisotopic (exact) mass is 263 g/mol. The third-order valence-corrected chi connectivity index (χ3v) is 3.74. The van der Waals surface area contributed by atoms with Crippen LogP contribution in [-0.2, 0) is 19.4 Å². The number of nitrogens with zero attached hydrogens (tertiary/aromatic N) is 1. The van der Waals surface area contributed by atoms with Gasteiger partial charge in [-0.3, -0.25) is 0 Å². The van der Waals surface area contributed by atoms with E-state index in [0.717, 1.165) is 29.3 Å². The normalized spacial score (nSPS) is 10.6. The molecule has 1 aromatic carbocycles. The average Bonchev–Trinajstić information content (AvgIpc) is 2.86. The van der Waals surface area contributed by atoms with Gasteiger partial charge in [0.15, 0.2) is 0 Å². The van der Waals surface area contributed by atoms with Crippen LogP contribution in [0.25, 0.3) is 0 Å². The molecule has 0 aliphatic rings. The summed E-state index contributed by atoms with van der Waals surface area (Å²) < 4.78 is 5.32. The maximum atomic E-state index is 9.00. The van der Waals surface area contributed by atoms with Crippen molar-refractivity contribution in [2.45, 2.75) is 26.4 Å². The van der Waals surface area contributed by atoms with Gasteiger partial charge in [0.25, 0.3) is 0 Å². The van der Waals surface area contributed by atoms with E-state index < -0.39 is 0 Å². The van der Waals surface area contributed by atoms with Gasteiger partial charge in [-0.2, -0.15) is 0 Å². The molecule has 4 heteroatoms. The van der Waals surface area contributed by atoms with E-state index in [0.29, 0.717) is 0 Å². The van der Waals surface area contributed by atoms with Crippen LogP contribution in [0.5, 0.6) is 5.75 Å². The number of thiazole rings is 1. The zero-order chi connectivity index (χ0) is 13.0. The van der Waals surface area contributed by atoms with Gasteiger partial charge in [0.1, 0.15) is 5.75 Å². The molecule has 0 saturated heterocycles. The minimum Gasteiger partial charge on any atom is -0.496 e. The first-order valence-electron chi connectivity index (χ1n) is 5.96.